The van der Waals surface area contributed by atoms with Crippen LogP contribution in [-0.4, -0.2) is 25.6 Å². The largest absolute Gasteiger partial charge is 0.477 e. The van der Waals surface area contributed by atoms with Crippen LogP contribution in [0.3, 0.4) is 0 Å². The number of hydrogen-bond acceptors (Lipinski definition) is 5. The number of nitrogens with zero attached hydrogens (tertiary/aromatic N) is 3. The molecule has 3 aromatic rings. The highest BCUT2D eigenvalue weighted by atomic mass is 32.1. The van der Waals surface area contributed by atoms with Crippen LogP contribution in [0.15, 0.2) is 47.0 Å². The van der Waals surface area contributed by atoms with Crippen molar-refractivity contribution in [3.8, 4) is 10.6 Å². The summed E-state index contributed by atoms with van der Waals surface area (Å²) >= 11 is 1.52. The molecule has 0 atom stereocenters. The molecule has 0 aliphatic heterocycles. The van der Waals surface area contributed by atoms with Gasteiger partial charge in [0, 0.05) is 42.5 Å². The molecule has 3 aromatic heterocycles. The van der Waals surface area contributed by atoms with E-state index in [0.717, 1.165) is 16.3 Å². The quantitative estimate of drug-likeness (QED) is 0.771. The third-order valence-electron chi connectivity index (χ3n) is 3.66. The number of rotatable bonds is 5. The van der Waals surface area contributed by atoms with Gasteiger partial charge in [-0.2, -0.15) is 0 Å². The van der Waals surface area contributed by atoms with E-state index in [-0.39, 0.29) is 5.56 Å². The lowest BCUT2D eigenvalue weighted by Gasteiger charge is -2.07. The van der Waals surface area contributed by atoms with E-state index in [1.54, 1.807) is 31.6 Å². The van der Waals surface area contributed by atoms with Crippen molar-refractivity contribution < 1.29 is 9.90 Å². The van der Waals surface area contributed by atoms with Crippen LogP contribution in [0.1, 0.15) is 21.6 Å². The number of aromatic carboxylic acids is 1. The SMILES string of the molecule is Cc1ccn(CCc2csc(-c3cccnc3)n2)c(=O)c1C(=O)O. The number of carboxylic acids is 1. The molecule has 0 unspecified atom stereocenters. The summed E-state index contributed by atoms with van der Waals surface area (Å²) in [6.45, 7) is 2.01. The van der Waals surface area contributed by atoms with Crippen LogP contribution in [0.4, 0.5) is 0 Å². The number of pyridine rings is 2. The molecule has 3 rings (SSSR count). The average molecular weight is 341 g/mol. The predicted molar refractivity (Wildman–Crippen MR) is 91.4 cm³/mol. The first kappa shape index (κ1) is 16.1. The first-order valence-corrected chi connectivity index (χ1v) is 8.22. The van der Waals surface area contributed by atoms with Gasteiger partial charge in [0.25, 0.3) is 5.56 Å². The third-order valence-corrected chi connectivity index (χ3v) is 4.60. The van der Waals surface area contributed by atoms with Gasteiger partial charge in [-0.05, 0) is 30.7 Å². The molecular formula is C17H15N3O3S. The zero-order chi connectivity index (χ0) is 17.1. The smallest absolute Gasteiger partial charge is 0.341 e. The van der Waals surface area contributed by atoms with E-state index in [2.05, 4.69) is 9.97 Å². The second-order valence-electron chi connectivity index (χ2n) is 5.31. The molecule has 24 heavy (non-hydrogen) atoms. The minimum absolute atomic E-state index is 0.174. The Bertz CT molecular complexity index is 932. The Labute approximate surface area is 142 Å². The van der Waals surface area contributed by atoms with Crippen LogP contribution in [0.5, 0.6) is 0 Å². The van der Waals surface area contributed by atoms with Crippen molar-refractivity contribution in [1.82, 2.24) is 14.5 Å². The van der Waals surface area contributed by atoms with Crippen molar-refractivity contribution in [2.24, 2.45) is 0 Å². The molecule has 0 bridgehead atoms. The number of aryl methyl sites for hydroxylation is 3. The summed E-state index contributed by atoms with van der Waals surface area (Å²) in [5.41, 5.74) is 1.63. The number of carboxylic acid groups (broad SMARTS) is 1. The molecule has 0 aliphatic carbocycles. The maximum atomic E-state index is 12.2. The highest BCUT2D eigenvalue weighted by Crippen LogP contribution is 2.22. The summed E-state index contributed by atoms with van der Waals surface area (Å²) in [4.78, 5) is 32.1. The van der Waals surface area contributed by atoms with Crippen LogP contribution in [-0.2, 0) is 13.0 Å². The van der Waals surface area contributed by atoms with Crippen molar-refractivity contribution in [1.29, 1.82) is 0 Å². The molecule has 0 spiro atoms. The lowest BCUT2D eigenvalue weighted by molar-refractivity contribution is 0.0693. The van der Waals surface area contributed by atoms with Crippen LogP contribution in [0.2, 0.25) is 0 Å². The van der Waals surface area contributed by atoms with Crippen molar-refractivity contribution >= 4 is 17.3 Å². The second-order valence-corrected chi connectivity index (χ2v) is 6.17. The van der Waals surface area contributed by atoms with Crippen molar-refractivity contribution in [2.75, 3.05) is 0 Å². The molecule has 7 heteroatoms. The van der Waals surface area contributed by atoms with E-state index in [1.807, 2.05) is 17.5 Å². The van der Waals surface area contributed by atoms with Gasteiger partial charge in [-0.3, -0.25) is 9.78 Å². The van der Waals surface area contributed by atoms with Gasteiger partial charge in [-0.25, -0.2) is 9.78 Å². The van der Waals surface area contributed by atoms with E-state index in [4.69, 9.17) is 5.11 Å². The summed E-state index contributed by atoms with van der Waals surface area (Å²) in [5, 5.41) is 12.0. The number of carbonyl (C=O) groups is 1. The summed E-state index contributed by atoms with van der Waals surface area (Å²) < 4.78 is 1.42. The maximum absolute atomic E-state index is 12.2. The van der Waals surface area contributed by atoms with Crippen LogP contribution >= 0.6 is 11.3 Å². The minimum atomic E-state index is -1.20. The summed E-state index contributed by atoms with van der Waals surface area (Å²) in [6, 6.07) is 5.45. The third kappa shape index (κ3) is 3.26. The van der Waals surface area contributed by atoms with E-state index in [9.17, 15) is 9.59 Å². The number of hydrogen-bond donors (Lipinski definition) is 1. The van der Waals surface area contributed by atoms with Gasteiger partial charge in [0.2, 0.25) is 0 Å². The Morgan fingerprint density at radius 2 is 2.21 bits per heavy atom. The Hall–Kier alpha value is -2.80. The second kappa shape index (κ2) is 6.76. The lowest BCUT2D eigenvalue weighted by Crippen LogP contribution is -2.27. The fraction of sp³-hybridized carbons (Fsp3) is 0.176. The fourth-order valence-corrected chi connectivity index (χ4v) is 3.22. The first-order valence-electron chi connectivity index (χ1n) is 7.34. The molecule has 122 valence electrons. The average Bonchev–Trinajstić information content (AvgIpc) is 3.04. The van der Waals surface area contributed by atoms with Gasteiger partial charge in [-0.1, -0.05) is 0 Å². The summed E-state index contributed by atoms with van der Waals surface area (Å²) in [7, 11) is 0. The molecule has 0 amide bonds. The summed E-state index contributed by atoms with van der Waals surface area (Å²) in [5.74, 6) is -1.20. The summed E-state index contributed by atoms with van der Waals surface area (Å²) in [6.07, 6.45) is 5.64. The van der Waals surface area contributed by atoms with Gasteiger partial charge in [0.05, 0.1) is 5.69 Å². The normalized spacial score (nSPS) is 10.7. The van der Waals surface area contributed by atoms with E-state index in [0.29, 0.717) is 18.5 Å². The Kier molecular flexibility index (Phi) is 4.52. The molecule has 3 heterocycles. The van der Waals surface area contributed by atoms with E-state index >= 15 is 0 Å². The minimum Gasteiger partial charge on any atom is -0.477 e. The molecule has 0 aromatic carbocycles. The molecule has 0 saturated heterocycles. The zero-order valence-electron chi connectivity index (χ0n) is 13.0. The molecule has 0 saturated carbocycles. The van der Waals surface area contributed by atoms with Crippen LogP contribution in [0.25, 0.3) is 10.6 Å². The van der Waals surface area contributed by atoms with Gasteiger partial charge in [0.1, 0.15) is 10.6 Å². The zero-order valence-corrected chi connectivity index (χ0v) is 13.8. The maximum Gasteiger partial charge on any atom is 0.341 e. The molecule has 0 fully saturated rings. The molecule has 6 nitrogen and oxygen atoms in total. The highest BCUT2D eigenvalue weighted by molar-refractivity contribution is 7.13. The van der Waals surface area contributed by atoms with E-state index in [1.165, 1.54) is 15.9 Å². The van der Waals surface area contributed by atoms with E-state index < -0.39 is 11.5 Å². The number of thiazole rings is 1. The van der Waals surface area contributed by atoms with Gasteiger partial charge in [-0.15, -0.1) is 11.3 Å². The standard InChI is InChI=1S/C17H15N3O3S/c1-11-4-7-20(16(21)14(11)17(22)23)8-5-13-10-24-15(19-13)12-3-2-6-18-9-12/h2-4,6-7,9-10H,5,8H2,1H3,(H,22,23). The topological polar surface area (TPSA) is 85.1 Å². The first-order chi connectivity index (χ1) is 11.6. The van der Waals surface area contributed by atoms with Crippen molar-refractivity contribution in [2.45, 2.75) is 19.9 Å². The Morgan fingerprint density at radius 1 is 1.38 bits per heavy atom. The van der Waals surface area contributed by atoms with Gasteiger partial charge >= 0.3 is 5.97 Å². The molecular weight excluding hydrogens is 326 g/mol. The predicted octanol–water partition coefficient (Wildman–Crippen LogP) is 2.62. The Balaban J connectivity index is 1.78. The van der Waals surface area contributed by atoms with Gasteiger partial charge in [0.15, 0.2) is 0 Å². The monoisotopic (exact) mass is 341 g/mol. The number of aromatic nitrogens is 3. The van der Waals surface area contributed by atoms with Gasteiger partial charge < -0.3 is 9.67 Å². The Morgan fingerprint density at radius 3 is 2.92 bits per heavy atom. The van der Waals surface area contributed by atoms with Crippen molar-refractivity contribution in [3.05, 3.63) is 69.3 Å². The molecule has 0 aliphatic rings. The molecule has 1 N–H and O–H groups in total. The fourth-order valence-electron chi connectivity index (χ4n) is 2.38. The highest BCUT2D eigenvalue weighted by Gasteiger charge is 2.14. The lowest BCUT2D eigenvalue weighted by atomic mass is 10.1. The van der Waals surface area contributed by atoms with Crippen LogP contribution < -0.4 is 5.56 Å². The van der Waals surface area contributed by atoms with Crippen molar-refractivity contribution in [3.63, 3.8) is 0 Å². The molecule has 0 radical (unpaired) electrons. The van der Waals surface area contributed by atoms with Crippen LogP contribution in [0, 0.1) is 6.92 Å².